The van der Waals surface area contributed by atoms with E-state index in [0.717, 1.165) is 30.0 Å². The Morgan fingerprint density at radius 2 is 1.21 bits per heavy atom. The van der Waals surface area contributed by atoms with Gasteiger partial charge in [0.1, 0.15) is 11.9 Å². The molecule has 0 N–H and O–H groups in total. The van der Waals surface area contributed by atoms with E-state index in [1.165, 1.54) is 67.2 Å². The lowest BCUT2D eigenvalue weighted by atomic mass is 9.69. The molecule has 68 heavy (non-hydrogen) atoms. The largest absolute Gasteiger partial charge is 0.483 e. The van der Waals surface area contributed by atoms with Crippen molar-refractivity contribution in [1.29, 1.82) is 0 Å². The van der Waals surface area contributed by atoms with Gasteiger partial charge in [-0.1, -0.05) is 197 Å². The first kappa shape index (κ1) is 47.8. The molecule has 0 fully saturated rings. The van der Waals surface area contributed by atoms with Crippen molar-refractivity contribution in [3.8, 4) is 5.75 Å². The number of hydrogen-bond acceptors (Lipinski definition) is 3. The number of allylic oxidation sites excluding steroid dienone is 7. The summed E-state index contributed by atoms with van der Waals surface area (Å²) in [5.74, 6) is 1.60. The van der Waals surface area contributed by atoms with Crippen LogP contribution in [0.5, 0.6) is 5.75 Å². The predicted octanol–water partition coefficient (Wildman–Crippen LogP) is 17.6. The topological polar surface area (TPSA) is 15.7 Å². The standard InChI is InChI=1S/C65H80N2O/c1-60(2,3)41-21-29-45(30-22-41)66(46-31-23-42(24-32-46)61(4,5)6)49-37-38-50-52-40-55(67(47-33-25-43(26-34-47)62(7,8)9)48-35-27-44(28-36-48)63(10,11)12)59-56(57(52)65(16,17)54(50)39-49)51-19-18-20-53(58(51)68-59)64(13,14)15/h18-27,29-33,35-40,44,47,56,59H,28,34H2,1-17H3. The van der Waals surface area contributed by atoms with Crippen LogP contribution in [0.2, 0.25) is 0 Å². The van der Waals surface area contributed by atoms with Crippen LogP contribution in [-0.4, -0.2) is 17.0 Å². The summed E-state index contributed by atoms with van der Waals surface area (Å²) in [5, 5.41) is 0. The van der Waals surface area contributed by atoms with E-state index in [9.17, 15) is 0 Å². The van der Waals surface area contributed by atoms with Gasteiger partial charge in [-0.3, -0.25) is 0 Å². The zero-order valence-corrected chi connectivity index (χ0v) is 44.7. The lowest BCUT2D eigenvalue weighted by Crippen LogP contribution is -2.43. The van der Waals surface area contributed by atoms with E-state index in [4.69, 9.17) is 4.74 Å². The Morgan fingerprint density at radius 3 is 1.71 bits per heavy atom. The second-order valence-corrected chi connectivity index (χ2v) is 26.3. The van der Waals surface area contributed by atoms with E-state index in [2.05, 4.69) is 255 Å². The highest BCUT2D eigenvalue weighted by Gasteiger charge is 2.53. The highest BCUT2D eigenvalue weighted by Crippen LogP contribution is 2.62. The van der Waals surface area contributed by atoms with Gasteiger partial charge < -0.3 is 14.5 Å². The minimum Gasteiger partial charge on any atom is -0.483 e. The van der Waals surface area contributed by atoms with E-state index >= 15 is 0 Å². The number of rotatable bonds is 6. The van der Waals surface area contributed by atoms with Gasteiger partial charge in [-0.2, -0.15) is 0 Å². The highest BCUT2D eigenvalue weighted by atomic mass is 16.5. The summed E-state index contributed by atoms with van der Waals surface area (Å²) in [6.07, 6.45) is 19.1. The van der Waals surface area contributed by atoms with Gasteiger partial charge in [0.25, 0.3) is 0 Å². The molecule has 0 radical (unpaired) electrons. The Kier molecular flexibility index (Phi) is 11.5. The third-order valence-electron chi connectivity index (χ3n) is 15.8. The van der Waals surface area contributed by atoms with Crippen LogP contribution in [0.3, 0.4) is 0 Å². The zero-order chi connectivity index (χ0) is 49.1. The molecule has 9 rings (SSSR count). The molecule has 0 spiro atoms. The van der Waals surface area contributed by atoms with Crippen molar-refractivity contribution in [2.45, 2.75) is 170 Å². The van der Waals surface area contributed by atoms with Gasteiger partial charge in [0.2, 0.25) is 0 Å². The first-order chi connectivity index (χ1) is 31.6. The number of fused-ring (bicyclic) bond motifs is 6. The monoisotopic (exact) mass is 905 g/mol. The molecule has 0 saturated heterocycles. The van der Waals surface area contributed by atoms with E-state index in [1.54, 1.807) is 0 Å². The zero-order valence-electron chi connectivity index (χ0n) is 44.7. The van der Waals surface area contributed by atoms with E-state index in [0.29, 0.717) is 5.92 Å². The Balaban J connectivity index is 1.23. The number of ether oxygens (including phenoxy) is 1. The molecule has 1 aliphatic heterocycles. The molecule has 5 aliphatic rings. The average Bonchev–Trinajstić information content (AvgIpc) is 3.75. The minimum atomic E-state index is -0.282. The summed E-state index contributed by atoms with van der Waals surface area (Å²) in [7, 11) is 0. The van der Waals surface area contributed by atoms with E-state index in [-0.39, 0.29) is 50.6 Å². The molecule has 356 valence electrons. The fourth-order valence-electron chi connectivity index (χ4n) is 11.6. The van der Waals surface area contributed by atoms with Gasteiger partial charge in [-0.25, -0.2) is 0 Å². The summed E-state index contributed by atoms with van der Waals surface area (Å²) in [5.41, 5.74) is 18.2. The van der Waals surface area contributed by atoms with Crippen LogP contribution in [0, 0.1) is 16.7 Å². The molecule has 0 bridgehead atoms. The van der Waals surface area contributed by atoms with Crippen LogP contribution in [0.1, 0.15) is 170 Å². The first-order valence-corrected chi connectivity index (χ1v) is 25.6. The summed E-state index contributed by atoms with van der Waals surface area (Å²) < 4.78 is 7.60. The Labute approximate surface area is 411 Å². The van der Waals surface area contributed by atoms with Gasteiger partial charge in [0, 0.05) is 33.7 Å². The maximum Gasteiger partial charge on any atom is 0.149 e. The summed E-state index contributed by atoms with van der Waals surface area (Å²) >= 11 is 0. The van der Waals surface area contributed by atoms with Crippen molar-refractivity contribution < 1.29 is 4.74 Å². The molecule has 4 unspecified atom stereocenters. The average molecular weight is 905 g/mol. The van der Waals surface area contributed by atoms with Gasteiger partial charge in [-0.05, 0) is 139 Å². The molecule has 4 atom stereocenters. The fraction of sp³-hybridized carbons (Fsp3) is 0.446. The van der Waals surface area contributed by atoms with Gasteiger partial charge >= 0.3 is 0 Å². The third kappa shape index (κ3) is 8.49. The van der Waals surface area contributed by atoms with Gasteiger partial charge in [0.15, 0.2) is 0 Å². The number of nitrogens with zero attached hydrogens (tertiary/aromatic N) is 2. The normalized spacial score (nSPS) is 22.1. The lowest BCUT2D eigenvalue weighted by Gasteiger charge is -2.43. The van der Waals surface area contributed by atoms with Crippen molar-refractivity contribution >= 4 is 22.6 Å². The van der Waals surface area contributed by atoms with Crippen molar-refractivity contribution in [1.82, 2.24) is 4.90 Å². The van der Waals surface area contributed by atoms with Crippen LogP contribution in [0.25, 0.3) is 5.57 Å². The highest BCUT2D eigenvalue weighted by molar-refractivity contribution is 5.92. The minimum absolute atomic E-state index is 0.0466. The SMILES string of the molecule is CC(C)(C)C1=CCC(N(C2=CCC(C(C)(C)C)C=C2)C2=CC3=C(C4c5cccc(C(C)(C)C)c5OC24)C(C)(C)c2cc(N(c4ccc(C(C)(C)C)cc4)c4ccc(C(C)(C)C)cc4)ccc23)C=C1. The van der Waals surface area contributed by atoms with Crippen LogP contribution in [0.4, 0.5) is 17.1 Å². The van der Waals surface area contributed by atoms with Crippen LogP contribution in [0.15, 0.2) is 150 Å². The van der Waals surface area contributed by atoms with Crippen molar-refractivity contribution in [2.24, 2.45) is 16.7 Å². The Hall–Kier alpha value is -5.28. The molecule has 0 saturated carbocycles. The van der Waals surface area contributed by atoms with Crippen molar-refractivity contribution in [3.05, 3.63) is 183 Å². The molecule has 3 heteroatoms. The number of hydrogen-bond donors (Lipinski definition) is 0. The smallest absolute Gasteiger partial charge is 0.149 e. The third-order valence-corrected chi connectivity index (χ3v) is 15.8. The predicted molar refractivity (Wildman–Crippen MR) is 291 cm³/mol. The van der Waals surface area contributed by atoms with Crippen LogP contribution < -0.4 is 9.64 Å². The maximum atomic E-state index is 7.60. The molecule has 0 aromatic heterocycles. The number of para-hydroxylation sites is 1. The molecule has 4 aromatic rings. The van der Waals surface area contributed by atoms with Gasteiger partial charge in [0.05, 0.1) is 17.7 Å². The maximum absolute atomic E-state index is 7.60. The van der Waals surface area contributed by atoms with Crippen LogP contribution >= 0.6 is 0 Å². The second-order valence-electron chi connectivity index (χ2n) is 26.3. The summed E-state index contributed by atoms with van der Waals surface area (Å²) in [4.78, 5) is 5.14. The molecular weight excluding hydrogens is 825 g/mol. The molecule has 4 aliphatic carbocycles. The molecule has 3 nitrogen and oxygen atoms in total. The number of benzene rings is 4. The second kappa shape index (κ2) is 16.4. The first-order valence-electron chi connectivity index (χ1n) is 25.6. The Morgan fingerprint density at radius 1 is 0.603 bits per heavy atom. The van der Waals surface area contributed by atoms with E-state index < -0.39 is 0 Å². The lowest BCUT2D eigenvalue weighted by molar-refractivity contribution is 0.190. The van der Waals surface area contributed by atoms with Crippen molar-refractivity contribution in [2.75, 3.05) is 4.90 Å². The van der Waals surface area contributed by atoms with Crippen molar-refractivity contribution in [3.63, 3.8) is 0 Å². The Bertz CT molecular complexity index is 2740. The molecule has 1 heterocycles. The summed E-state index contributed by atoms with van der Waals surface area (Å²) in [6.45, 7) is 39.8. The quantitative estimate of drug-likeness (QED) is 0.192. The van der Waals surface area contributed by atoms with Crippen LogP contribution in [-0.2, 0) is 21.7 Å². The molecule has 4 aromatic carbocycles. The van der Waals surface area contributed by atoms with Gasteiger partial charge in [-0.15, -0.1) is 0 Å². The molecule has 0 amide bonds. The summed E-state index contributed by atoms with van der Waals surface area (Å²) in [6, 6.07) is 32.9. The molecular formula is C65H80N2O. The number of anilines is 3. The van der Waals surface area contributed by atoms with E-state index in [1.807, 2.05) is 0 Å². The fourth-order valence-corrected chi connectivity index (χ4v) is 11.6.